The van der Waals surface area contributed by atoms with Crippen LogP contribution < -0.4 is 4.74 Å². The van der Waals surface area contributed by atoms with Gasteiger partial charge in [0.05, 0.1) is 13.7 Å². The maximum absolute atomic E-state index is 13.4. The SMILES string of the molecule is CCCOC[C@H]1CCN(C(=O)c2ccc(F)c(OC)c2)C1. The van der Waals surface area contributed by atoms with Crippen molar-refractivity contribution in [1.82, 2.24) is 4.90 Å². The topological polar surface area (TPSA) is 38.8 Å². The van der Waals surface area contributed by atoms with E-state index in [2.05, 4.69) is 6.92 Å². The van der Waals surface area contributed by atoms with E-state index in [-0.39, 0.29) is 11.7 Å². The summed E-state index contributed by atoms with van der Waals surface area (Å²) in [6, 6.07) is 4.23. The summed E-state index contributed by atoms with van der Waals surface area (Å²) in [5, 5.41) is 0. The molecule has 1 aliphatic rings. The van der Waals surface area contributed by atoms with Crippen molar-refractivity contribution in [3.8, 4) is 5.75 Å². The summed E-state index contributed by atoms with van der Waals surface area (Å²) < 4.78 is 23.8. The number of carbonyl (C=O) groups is 1. The van der Waals surface area contributed by atoms with Gasteiger partial charge in [-0.25, -0.2) is 4.39 Å². The highest BCUT2D eigenvalue weighted by Gasteiger charge is 2.27. The zero-order valence-electron chi connectivity index (χ0n) is 12.6. The third kappa shape index (κ3) is 3.94. The Morgan fingerprint density at radius 2 is 2.29 bits per heavy atom. The maximum Gasteiger partial charge on any atom is 0.254 e. The van der Waals surface area contributed by atoms with Gasteiger partial charge in [-0.15, -0.1) is 0 Å². The lowest BCUT2D eigenvalue weighted by Gasteiger charge is -2.17. The van der Waals surface area contributed by atoms with Gasteiger partial charge in [-0.05, 0) is 31.0 Å². The standard InChI is InChI=1S/C16H22FNO3/c1-3-8-21-11-12-6-7-18(10-12)16(19)13-4-5-14(17)15(9-13)20-2/h4-5,9,12H,3,6-8,10-11H2,1-2H3/t12-/m0/s1. The van der Waals surface area contributed by atoms with Gasteiger partial charge in [0.25, 0.3) is 5.91 Å². The van der Waals surface area contributed by atoms with E-state index >= 15 is 0 Å². The normalized spacial score (nSPS) is 18.0. The van der Waals surface area contributed by atoms with Crippen molar-refractivity contribution in [1.29, 1.82) is 0 Å². The molecule has 0 aromatic heterocycles. The lowest BCUT2D eigenvalue weighted by molar-refractivity contribution is 0.0754. The van der Waals surface area contributed by atoms with E-state index in [1.165, 1.54) is 25.3 Å². The van der Waals surface area contributed by atoms with Gasteiger partial charge < -0.3 is 14.4 Å². The largest absolute Gasteiger partial charge is 0.494 e. The van der Waals surface area contributed by atoms with E-state index < -0.39 is 5.82 Å². The number of methoxy groups -OCH3 is 1. The summed E-state index contributed by atoms with van der Waals surface area (Å²) in [6.45, 7) is 4.96. The van der Waals surface area contributed by atoms with Crippen LogP contribution in [0.2, 0.25) is 0 Å². The molecule has 5 heteroatoms. The van der Waals surface area contributed by atoms with Crippen LogP contribution in [-0.4, -0.2) is 44.2 Å². The van der Waals surface area contributed by atoms with Crippen LogP contribution in [0.1, 0.15) is 30.1 Å². The molecule has 1 aromatic rings. The van der Waals surface area contributed by atoms with Gasteiger partial charge in [-0.3, -0.25) is 4.79 Å². The number of ether oxygens (including phenoxy) is 2. The molecule has 1 aliphatic heterocycles. The Balaban J connectivity index is 1.95. The predicted molar refractivity (Wildman–Crippen MR) is 78.1 cm³/mol. The summed E-state index contributed by atoms with van der Waals surface area (Å²) >= 11 is 0. The van der Waals surface area contributed by atoms with Gasteiger partial charge in [-0.1, -0.05) is 6.92 Å². The number of hydrogen-bond acceptors (Lipinski definition) is 3. The molecule has 1 amide bonds. The van der Waals surface area contributed by atoms with E-state index in [9.17, 15) is 9.18 Å². The van der Waals surface area contributed by atoms with Crippen molar-refractivity contribution in [2.75, 3.05) is 33.4 Å². The molecule has 1 atom stereocenters. The van der Waals surface area contributed by atoms with Gasteiger partial charge in [0.1, 0.15) is 0 Å². The number of hydrogen-bond donors (Lipinski definition) is 0. The summed E-state index contributed by atoms with van der Waals surface area (Å²) in [7, 11) is 1.39. The quantitative estimate of drug-likeness (QED) is 0.757. The molecular formula is C16H22FNO3. The fraction of sp³-hybridized carbons (Fsp3) is 0.562. The number of benzene rings is 1. The molecule has 0 radical (unpaired) electrons. The van der Waals surface area contributed by atoms with Crippen LogP contribution in [0.5, 0.6) is 5.75 Å². The number of likely N-dealkylation sites (tertiary alicyclic amines) is 1. The minimum Gasteiger partial charge on any atom is -0.494 e. The predicted octanol–water partition coefficient (Wildman–Crippen LogP) is 2.72. The Morgan fingerprint density at radius 3 is 3.00 bits per heavy atom. The molecule has 1 saturated heterocycles. The Hall–Kier alpha value is -1.62. The van der Waals surface area contributed by atoms with Gasteiger partial charge in [-0.2, -0.15) is 0 Å². The minimum absolute atomic E-state index is 0.0775. The fourth-order valence-corrected chi connectivity index (χ4v) is 2.52. The molecule has 0 spiro atoms. The molecule has 1 aromatic carbocycles. The number of halogens is 1. The molecule has 0 N–H and O–H groups in total. The van der Waals surface area contributed by atoms with Gasteiger partial charge in [0.2, 0.25) is 0 Å². The monoisotopic (exact) mass is 295 g/mol. The second-order valence-corrected chi connectivity index (χ2v) is 5.33. The average Bonchev–Trinajstić information content (AvgIpc) is 2.96. The molecule has 1 fully saturated rings. The van der Waals surface area contributed by atoms with Gasteiger partial charge in [0.15, 0.2) is 11.6 Å². The van der Waals surface area contributed by atoms with Crippen molar-refractivity contribution in [2.45, 2.75) is 19.8 Å². The number of carbonyl (C=O) groups excluding carboxylic acids is 1. The van der Waals surface area contributed by atoms with Crippen LogP contribution in [0.15, 0.2) is 18.2 Å². The Bertz CT molecular complexity index is 492. The zero-order valence-corrected chi connectivity index (χ0v) is 12.6. The Kier molecular flexibility index (Phi) is 5.56. The molecule has 4 nitrogen and oxygen atoms in total. The van der Waals surface area contributed by atoms with Crippen molar-refractivity contribution in [3.05, 3.63) is 29.6 Å². The number of amides is 1. The van der Waals surface area contributed by atoms with E-state index in [4.69, 9.17) is 9.47 Å². The summed E-state index contributed by atoms with van der Waals surface area (Å²) in [5.74, 6) is -0.0432. The first-order chi connectivity index (χ1) is 10.2. The zero-order chi connectivity index (χ0) is 15.2. The molecule has 116 valence electrons. The number of nitrogens with zero attached hydrogens (tertiary/aromatic N) is 1. The second kappa shape index (κ2) is 7.41. The smallest absolute Gasteiger partial charge is 0.254 e. The molecule has 0 saturated carbocycles. The summed E-state index contributed by atoms with van der Waals surface area (Å²) in [5.41, 5.74) is 0.461. The lowest BCUT2D eigenvalue weighted by Crippen LogP contribution is -2.29. The van der Waals surface area contributed by atoms with E-state index in [1.807, 2.05) is 0 Å². The molecule has 2 rings (SSSR count). The molecule has 21 heavy (non-hydrogen) atoms. The van der Waals surface area contributed by atoms with Crippen LogP contribution in [0, 0.1) is 11.7 Å². The second-order valence-electron chi connectivity index (χ2n) is 5.33. The van der Waals surface area contributed by atoms with Crippen LogP contribution in [-0.2, 0) is 4.74 Å². The average molecular weight is 295 g/mol. The van der Waals surface area contributed by atoms with Crippen molar-refractivity contribution in [3.63, 3.8) is 0 Å². The first-order valence-electron chi connectivity index (χ1n) is 7.36. The highest BCUT2D eigenvalue weighted by molar-refractivity contribution is 5.94. The summed E-state index contributed by atoms with van der Waals surface area (Å²) in [4.78, 5) is 14.2. The van der Waals surface area contributed by atoms with Crippen LogP contribution in [0.3, 0.4) is 0 Å². The Labute approximate surface area is 124 Å². The third-order valence-corrected chi connectivity index (χ3v) is 3.67. The van der Waals surface area contributed by atoms with Gasteiger partial charge >= 0.3 is 0 Å². The number of rotatable bonds is 6. The molecule has 0 bridgehead atoms. The highest BCUT2D eigenvalue weighted by Crippen LogP contribution is 2.23. The molecule has 1 heterocycles. The third-order valence-electron chi connectivity index (χ3n) is 3.67. The molecule has 0 unspecified atom stereocenters. The van der Waals surface area contributed by atoms with Gasteiger partial charge in [0, 0.05) is 31.2 Å². The first-order valence-corrected chi connectivity index (χ1v) is 7.36. The van der Waals surface area contributed by atoms with Crippen LogP contribution in [0.4, 0.5) is 4.39 Å². The molecule has 0 aliphatic carbocycles. The lowest BCUT2D eigenvalue weighted by atomic mass is 10.1. The molecular weight excluding hydrogens is 273 g/mol. The van der Waals surface area contributed by atoms with E-state index in [1.54, 1.807) is 4.90 Å². The van der Waals surface area contributed by atoms with E-state index in [0.717, 1.165) is 26.0 Å². The van der Waals surface area contributed by atoms with Crippen molar-refractivity contribution < 1.29 is 18.7 Å². The van der Waals surface area contributed by atoms with E-state index in [0.29, 0.717) is 24.6 Å². The van der Waals surface area contributed by atoms with Crippen molar-refractivity contribution in [2.24, 2.45) is 5.92 Å². The minimum atomic E-state index is -0.457. The summed E-state index contributed by atoms with van der Waals surface area (Å²) in [6.07, 6.45) is 1.96. The van der Waals surface area contributed by atoms with Crippen LogP contribution >= 0.6 is 0 Å². The first kappa shape index (κ1) is 15.8. The highest BCUT2D eigenvalue weighted by atomic mass is 19.1. The van der Waals surface area contributed by atoms with Crippen LogP contribution in [0.25, 0.3) is 0 Å². The maximum atomic E-state index is 13.4. The fourth-order valence-electron chi connectivity index (χ4n) is 2.52. The van der Waals surface area contributed by atoms with Crippen molar-refractivity contribution >= 4 is 5.91 Å². The Morgan fingerprint density at radius 1 is 1.48 bits per heavy atom.